The molecule has 8 heteroatoms. The summed E-state index contributed by atoms with van der Waals surface area (Å²) >= 11 is 6.14. The molecule has 0 radical (unpaired) electrons. The van der Waals surface area contributed by atoms with Crippen molar-refractivity contribution in [1.29, 1.82) is 0 Å². The fraction of sp³-hybridized carbons (Fsp3) is 0.0400. The number of hydrogen-bond donors (Lipinski definition) is 0. The quantitative estimate of drug-likeness (QED) is 0.237. The lowest BCUT2D eigenvalue weighted by Gasteiger charge is -2.28. The maximum Gasteiger partial charge on any atom is 0.459 e. The summed E-state index contributed by atoms with van der Waals surface area (Å²) in [5.41, 5.74) is 2.03. The van der Waals surface area contributed by atoms with Crippen LogP contribution in [0, 0.1) is 0 Å². The lowest BCUT2D eigenvalue weighted by atomic mass is 10.2. The second-order valence-corrected chi connectivity index (χ2v) is 9.67. The van der Waals surface area contributed by atoms with Crippen molar-refractivity contribution in [3.63, 3.8) is 0 Å². The smallest absolute Gasteiger partial charge is 0.414 e. The zero-order chi connectivity index (χ0) is 22.7. The Morgan fingerprint density at radius 3 is 1.88 bits per heavy atom. The van der Waals surface area contributed by atoms with Crippen LogP contribution in [0.3, 0.4) is 0 Å². The second kappa shape index (κ2) is 9.10. The maximum atomic E-state index is 14.7. The molecule has 0 aliphatic carbocycles. The van der Waals surface area contributed by atoms with Crippen LogP contribution < -0.4 is 9.05 Å². The number of hydrogen-bond acceptors (Lipinski definition) is 5. The summed E-state index contributed by atoms with van der Waals surface area (Å²) in [7, 11) is -3.99. The van der Waals surface area contributed by atoms with E-state index in [9.17, 15) is 4.57 Å². The molecule has 0 N–H and O–H groups in total. The van der Waals surface area contributed by atoms with E-state index in [1.54, 1.807) is 53.2 Å². The zero-order valence-electron chi connectivity index (χ0n) is 17.4. The first kappa shape index (κ1) is 21.3. The number of fused-ring (bicyclic) bond motifs is 1. The Morgan fingerprint density at radius 1 is 0.727 bits per heavy atom. The molecule has 164 valence electrons. The fourth-order valence-corrected chi connectivity index (χ4v) is 5.71. The van der Waals surface area contributed by atoms with Crippen molar-refractivity contribution in [2.45, 2.75) is 5.78 Å². The summed E-state index contributed by atoms with van der Waals surface area (Å²) < 4.78 is 28.6. The van der Waals surface area contributed by atoms with Crippen molar-refractivity contribution in [3.05, 3.63) is 120 Å². The van der Waals surface area contributed by atoms with E-state index in [0.717, 1.165) is 0 Å². The molecular formula is C25H19ClN3O3P. The van der Waals surface area contributed by atoms with Gasteiger partial charge in [0.25, 0.3) is 0 Å². The highest BCUT2D eigenvalue weighted by molar-refractivity contribution is 7.55. The Morgan fingerprint density at radius 2 is 1.27 bits per heavy atom. The van der Waals surface area contributed by atoms with Gasteiger partial charge in [-0.25, -0.2) is 9.25 Å². The van der Waals surface area contributed by atoms with Crippen molar-refractivity contribution in [1.82, 2.24) is 15.0 Å². The summed E-state index contributed by atoms with van der Waals surface area (Å²) in [6.07, 6.45) is 0. The standard InChI is InChI=1S/C25H19ClN3O3P/c26-20-17-15-19(16-18-20)25(29-24-14-8-7-13-23(24)27-28-29)33(30,31-21-9-3-1-4-10-21)32-22-11-5-2-6-12-22/h1-18,25H. The van der Waals surface area contributed by atoms with Gasteiger partial charge in [-0.3, -0.25) is 0 Å². The van der Waals surface area contributed by atoms with Crippen LogP contribution in [0.25, 0.3) is 11.0 Å². The highest BCUT2D eigenvalue weighted by Crippen LogP contribution is 2.61. The number of rotatable bonds is 7. The Hall–Kier alpha value is -3.60. The van der Waals surface area contributed by atoms with Crippen LogP contribution in [0.4, 0.5) is 0 Å². The lowest BCUT2D eigenvalue weighted by molar-refractivity contribution is 0.360. The molecule has 1 unspecified atom stereocenters. The normalized spacial score (nSPS) is 12.4. The third-order valence-electron chi connectivity index (χ3n) is 5.03. The lowest BCUT2D eigenvalue weighted by Crippen LogP contribution is -2.19. The van der Waals surface area contributed by atoms with Gasteiger partial charge in [0.15, 0.2) is 0 Å². The van der Waals surface area contributed by atoms with Crippen molar-refractivity contribution >= 4 is 30.2 Å². The van der Waals surface area contributed by atoms with Gasteiger partial charge in [-0.15, -0.1) is 5.10 Å². The molecule has 0 fully saturated rings. The number of benzene rings is 4. The molecule has 33 heavy (non-hydrogen) atoms. The van der Waals surface area contributed by atoms with E-state index in [1.165, 1.54) is 0 Å². The zero-order valence-corrected chi connectivity index (χ0v) is 19.0. The molecule has 0 saturated carbocycles. The molecule has 6 nitrogen and oxygen atoms in total. The van der Waals surface area contributed by atoms with Crippen LogP contribution in [0.5, 0.6) is 11.5 Å². The van der Waals surface area contributed by atoms with Crippen LogP contribution in [-0.4, -0.2) is 15.0 Å². The SMILES string of the molecule is O=P(Oc1ccccc1)(Oc1ccccc1)C(c1ccc(Cl)cc1)n1nnc2ccccc21. The van der Waals surface area contributed by atoms with Gasteiger partial charge >= 0.3 is 7.60 Å². The topological polar surface area (TPSA) is 66.2 Å². The van der Waals surface area contributed by atoms with Crippen LogP contribution in [0.15, 0.2) is 109 Å². The summed E-state index contributed by atoms with van der Waals surface area (Å²) in [5.74, 6) is -0.0946. The van der Waals surface area contributed by atoms with Crippen molar-refractivity contribution in [3.8, 4) is 11.5 Å². The second-order valence-electron chi connectivity index (χ2n) is 7.30. The minimum absolute atomic E-state index is 0.417. The Balaban J connectivity index is 1.71. The van der Waals surface area contributed by atoms with Crippen LogP contribution in [0.1, 0.15) is 11.3 Å². The molecule has 0 spiro atoms. The molecule has 0 aliphatic heterocycles. The molecule has 5 aromatic rings. The van der Waals surface area contributed by atoms with Gasteiger partial charge < -0.3 is 9.05 Å². The van der Waals surface area contributed by atoms with Crippen molar-refractivity contribution in [2.75, 3.05) is 0 Å². The Bertz CT molecular complexity index is 1360. The fourth-order valence-electron chi connectivity index (χ4n) is 3.54. The van der Waals surface area contributed by atoms with Gasteiger partial charge in [0, 0.05) is 5.02 Å². The molecule has 0 amide bonds. The van der Waals surface area contributed by atoms with Gasteiger partial charge in [-0.05, 0) is 54.1 Å². The summed E-state index contributed by atoms with van der Waals surface area (Å²) in [4.78, 5) is 0. The van der Waals surface area contributed by atoms with Crippen molar-refractivity contribution in [2.24, 2.45) is 0 Å². The maximum absolute atomic E-state index is 14.7. The summed E-state index contributed by atoms with van der Waals surface area (Å²) in [6, 6.07) is 32.4. The molecule has 1 heterocycles. The van der Waals surface area contributed by atoms with Crippen LogP contribution in [0.2, 0.25) is 5.02 Å². The first-order valence-electron chi connectivity index (χ1n) is 10.3. The van der Waals surface area contributed by atoms with E-state index >= 15 is 0 Å². The van der Waals surface area contributed by atoms with E-state index in [0.29, 0.717) is 33.1 Å². The Labute approximate surface area is 195 Å². The number of halogens is 1. The average Bonchev–Trinajstić information content (AvgIpc) is 3.25. The number of nitrogens with zero attached hydrogens (tertiary/aromatic N) is 3. The van der Waals surface area contributed by atoms with E-state index in [2.05, 4.69) is 10.3 Å². The monoisotopic (exact) mass is 475 g/mol. The molecule has 0 aliphatic rings. The minimum Gasteiger partial charge on any atom is -0.414 e. The van der Waals surface area contributed by atoms with Crippen molar-refractivity contribution < 1.29 is 13.6 Å². The van der Waals surface area contributed by atoms with Crippen LogP contribution in [-0.2, 0) is 4.57 Å². The van der Waals surface area contributed by atoms with E-state index < -0.39 is 13.4 Å². The van der Waals surface area contributed by atoms with E-state index in [-0.39, 0.29) is 0 Å². The summed E-state index contributed by atoms with van der Waals surface area (Å²) in [5, 5.41) is 9.17. The first-order valence-corrected chi connectivity index (χ1v) is 12.3. The highest BCUT2D eigenvalue weighted by atomic mass is 35.5. The minimum atomic E-state index is -3.99. The molecule has 1 atom stereocenters. The number of aromatic nitrogens is 3. The van der Waals surface area contributed by atoms with E-state index in [4.69, 9.17) is 20.6 Å². The van der Waals surface area contributed by atoms with Gasteiger partial charge in [-0.2, -0.15) is 0 Å². The van der Waals surface area contributed by atoms with Crippen LogP contribution >= 0.6 is 19.2 Å². The third kappa shape index (κ3) is 4.49. The molecular weight excluding hydrogens is 457 g/mol. The molecule has 5 rings (SSSR count). The van der Waals surface area contributed by atoms with Gasteiger partial charge in [-0.1, -0.05) is 77.5 Å². The van der Waals surface area contributed by atoms with Gasteiger partial charge in [0.05, 0.1) is 5.52 Å². The van der Waals surface area contributed by atoms with Gasteiger partial charge in [0.1, 0.15) is 17.0 Å². The molecule has 4 aromatic carbocycles. The predicted octanol–water partition coefficient (Wildman–Crippen LogP) is 6.98. The first-order chi connectivity index (χ1) is 16.1. The average molecular weight is 476 g/mol. The largest absolute Gasteiger partial charge is 0.459 e. The summed E-state index contributed by atoms with van der Waals surface area (Å²) in [6.45, 7) is 0. The third-order valence-corrected chi connectivity index (χ3v) is 7.33. The number of para-hydroxylation sites is 3. The molecule has 1 aromatic heterocycles. The van der Waals surface area contributed by atoms with E-state index in [1.807, 2.05) is 60.7 Å². The predicted molar refractivity (Wildman–Crippen MR) is 129 cm³/mol. The van der Waals surface area contributed by atoms with Gasteiger partial charge in [0.2, 0.25) is 5.78 Å². The highest BCUT2D eigenvalue weighted by Gasteiger charge is 2.44. The molecule has 0 bridgehead atoms. The molecule has 0 saturated heterocycles. The Kier molecular flexibility index (Phi) is 5.86.